The van der Waals surface area contributed by atoms with Gasteiger partial charge in [0.1, 0.15) is 6.61 Å². The molecule has 0 aromatic heterocycles. The third kappa shape index (κ3) is 6.73. The average Bonchev–Trinajstić information content (AvgIpc) is 2.67. The van der Waals surface area contributed by atoms with Crippen molar-refractivity contribution in [3.63, 3.8) is 0 Å². The van der Waals surface area contributed by atoms with Crippen LogP contribution >= 0.6 is 11.6 Å². The van der Waals surface area contributed by atoms with Crippen molar-refractivity contribution in [3.05, 3.63) is 70.2 Å². The summed E-state index contributed by atoms with van der Waals surface area (Å²) < 4.78 is 41.3. The fourth-order valence-electron chi connectivity index (χ4n) is 3.26. The fraction of sp³-hybridized carbons (Fsp3) is 0.381. The Kier molecular flexibility index (Phi) is 7.16. The summed E-state index contributed by atoms with van der Waals surface area (Å²) in [7, 11) is 0. The zero-order valence-corrected chi connectivity index (χ0v) is 16.5. The van der Waals surface area contributed by atoms with Gasteiger partial charge in [0.2, 0.25) is 0 Å². The Hall–Kier alpha value is -2.09. The van der Waals surface area contributed by atoms with Crippen LogP contribution in [0.4, 0.5) is 13.2 Å². The van der Waals surface area contributed by atoms with Crippen molar-refractivity contribution in [1.29, 1.82) is 0 Å². The molecule has 1 saturated heterocycles. The third-order valence-corrected chi connectivity index (χ3v) is 4.90. The van der Waals surface area contributed by atoms with Gasteiger partial charge in [0.15, 0.2) is 0 Å². The van der Waals surface area contributed by atoms with Crippen molar-refractivity contribution in [2.75, 3.05) is 32.8 Å². The van der Waals surface area contributed by atoms with Crippen molar-refractivity contribution in [2.24, 2.45) is 0 Å². The molecule has 1 aliphatic rings. The summed E-state index contributed by atoms with van der Waals surface area (Å²) >= 11 is 6.03. The molecule has 2 aromatic carbocycles. The van der Waals surface area contributed by atoms with Crippen LogP contribution < -0.4 is 0 Å². The summed E-state index contributed by atoms with van der Waals surface area (Å²) in [5.74, 6) is -0.120. The van der Waals surface area contributed by atoms with Gasteiger partial charge in [0, 0.05) is 43.3 Å². The summed E-state index contributed by atoms with van der Waals surface area (Å²) in [6.45, 7) is 1.95. The lowest BCUT2D eigenvalue weighted by atomic mass is 10.1. The predicted octanol–water partition coefficient (Wildman–Crippen LogP) is 4.38. The minimum Gasteiger partial charge on any atom is -0.367 e. The van der Waals surface area contributed by atoms with Crippen molar-refractivity contribution < 1.29 is 22.7 Å². The van der Waals surface area contributed by atoms with Crippen molar-refractivity contribution in [3.8, 4) is 0 Å². The van der Waals surface area contributed by atoms with Gasteiger partial charge in [-0.25, -0.2) is 0 Å². The molecule has 1 aliphatic heterocycles. The molecule has 2 aromatic rings. The number of rotatable bonds is 6. The standard InChI is InChI=1S/C21H22ClF3N2O2/c22-19-6-2-3-16(12-19)13-26-7-9-27(10-8-26)20(28)18-5-1-4-17(11-18)14-29-15-21(23,24)25/h1-6,11-12H,7-10,13-15H2. The Balaban J connectivity index is 1.52. The molecule has 156 valence electrons. The Bertz CT molecular complexity index is 837. The number of piperazine rings is 1. The van der Waals surface area contributed by atoms with Gasteiger partial charge >= 0.3 is 6.18 Å². The molecule has 29 heavy (non-hydrogen) atoms. The first-order valence-corrected chi connectivity index (χ1v) is 9.67. The van der Waals surface area contributed by atoms with E-state index in [9.17, 15) is 18.0 Å². The van der Waals surface area contributed by atoms with Crippen LogP contribution in [0.25, 0.3) is 0 Å². The fourth-order valence-corrected chi connectivity index (χ4v) is 3.48. The van der Waals surface area contributed by atoms with Crippen molar-refractivity contribution in [2.45, 2.75) is 19.3 Å². The van der Waals surface area contributed by atoms with Crippen molar-refractivity contribution in [1.82, 2.24) is 9.80 Å². The first-order valence-electron chi connectivity index (χ1n) is 9.30. The van der Waals surface area contributed by atoms with E-state index in [1.807, 2.05) is 24.3 Å². The number of hydrogen-bond acceptors (Lipinski definition) is 3. The average molecular weight is 427 g/mol. The van der Waals surface area contributed by atoms with Gasteiger partial charge in [-0.05, 0) is 35.4 Å². The van der Waals surface area contributed by atoms with E-state index in [2.05, 4.69) is 9.64 Å². The highest BCUT2D eigenvalue weighted by atomic mass is 35.5. The zero-order chi connectivity index (χ0) is 20.9. The maximum Gasteiger partial charge on any atom is 0.411 e. The lowest BCUT2D eigenvalue weighted by molar-refractivity contribution is -0.176. The molecule has 0 atom stereocenters. The maximum atomic E-state index is 12.8. The van der Waals surface area contributed by atoms with Gasteiger partial charge in [0.25, 0.3) is 5.91 Å². The molecular formula is C21H22ClF3N2O2. The van der Waals surface area contributed by atoms with E-state index in [1.54, 1.807) is 29.2 Å². The van der Waals surface area contributed by atoms with Crippen LogP contribution in [0.3, 0.4) is 0 Å². The number of hydrogen-bond donors (Lipinski definition) is 0. The van der Waals surface area contributed by atoms with E-state index in [4.69, 9.17) is 11.6 Å². The Morgan fingerprint density at radius 2 is 1.69 bits per heavy atom. The van der Waals surface area contributed by atoms with E-state index in [-0.39, 0.29) is 12.5 Å². The van der Waals surface area contributed by atoms with E-state index >= 15 is 0 Å². The summed E-state index contributed by atoms with van der Waals surface area (Å²) in [4.78, 5) is 16.8. The number of carbonyl (C=O) groups is 1. The molecular weight excluding hydrogens is 405 g/mol. The molecule has 0 saturated carbocycles. The molecule has 0 spiro atoms. The second-order valence-electron chi connectivity index (χ2n) is 7.01. The smallest absolute Gasteiger partial charge is 0.367 e. The Morgan fingerprint density at radius 1 is 1.00 bits per heavy atom. The number of benzene rings is 2. The van der Waals surface area contributed by atoms with Gasteiger partial charge < -0.3 is 9.64 Å². The SMILES string of the molecule is O=C(c1cccc(COCC(F)(F)F)c1)N1CCN(Cc2cccc(Cl)c2)CC1. The van der Waals surface area contributed by atoms with Gasteiger partial charge in [-0.1, -0.05) is 35.9 Å². The Labute approximate surface area is 172 Å². The van der Waals surface area contributed by atoms with Gasteiger partial charge in [-0.15, -0.1) is 0 Å². The zero-order valence-electron chi connectivity index (χ0n) is 15.8. The van der Waals surface area contributed by atoms with Crippen LogP contribution in [0.15, 0.2) is 48.5 Å². The molecule has 0 N–H and O–H groups in total. The largest absolute Gasteiger partial charge is 0.411 e. The van der Waals surface area contributed by atoms with Crippen LogP contribution in [0.5, 0.6) is 0 Å². The molecule has 8 heteroatoms. The lowest BCUT2D eigenvalue weighted by Gasteiger charge is -2.35. The second kappa shape index (κ2) is 9.61. The monoisotopic (exact) mass is 426 g/mol. The van der Waals surface area contributed by atoms with Crippen LogP contribution in [-0.2, 0) is 17.9 Å². The molecule has 0 radical (unpaired) electrons. The summed E-state index contributed by atoms with van der Waals surface area (Å²) in [6.07, 6.45) is -4.36. The minimum atomic E-state index is -4.36. The molecule has 0 bridgehead atoms. The summed E-state index contributed by atoms with van der Waals surface area (Å²) in [6, 6.07) is 14.3. The van der Waals surface area contributed by atoms with Gasteiger partial charge in [-0.2, -0.15) is 13.2 Å². The molecule has 1 amide bonds. The van der Waals surface area contributed by atoms with Crippen LogP contribution in [0, 0.1) is 0 Å². The van der Waals surface area contributed by atoms with Gasteiger partial charge in [0.05, 0.1) is 6.61 Å². The summed E-state index contributed by atoms with van der Waals surface area (Å²) in [5.41, 5.74) is 2.13. The van der Waals surface area contributed by atoms with Gasteiger partial charge in [-0.3, -0.25) is 9.69 Å². The lowest BCUT2D eigenvalue weighted by Crippen LogP contribution is -2.48. The molecule has 0 aliphatic carbocycles. The number of alkyl halides is 3. The highest BCUT2D eigenvalue weighted by Crippen LogP contribution is 2.18. The van der Waals surface area contributed by atoms with Crippen molar-refractivity contribution >= 4 is 17.5 Å². The highest BCUT2D eigenvalue weighted by Gasteiger charge is 2.27. The molecule has 4 nitrogen and oxygen atoms in total. The van der Waals surface area contributed by atoms with E-state index in [0.29, 0.717) is 29.2 Å². The van der Waals surface area contributed by atoms with E-state index < -0.39 is 12.8 Å². The van der Waals surface area contributed by atoms with Crippen LogP contribution in [0.1, 0.15) is 21.5 Å². The number of carbonyl (C=O) groups excluding carboxylic acids is 1. The van der Waals surface area contributed by atoms with Crippen LogP contribution in [0.2, 0.25) is 5.02 Å². The minimum absolute atomic E-state index is 0.120. The van der Waals surface area contributed by atoms with Crippen LogP contribution in [-0.4, -0.2) is 54.7 Å². The molecule has 3 rings (SSSR count). The first-order chi connectivity index (χ1) is 13.8. The number of halogens is 4. The van der Waals surface area contributed by atoms with E-state index in [1.165, 1.54) is 0 Å². The quantitative estimate of drug-likeness (QED) is 0.687. The molecule has 1 fully saturated rings. The summed E-state index contributed by atoms with van der Waals surface area (Å²) in [5, 5.41) is 0.704. The number of amides is 1. The van der Waals surface area contributed by atoms with E-state index in [0.717, 1.165) is 25.2 Å². The third-order valence-electron chi connectivity index (χ3n) is 4.66. The highest BCUT2D eigenvalue weighted by molar-refractivity contribution is 6.30. The number of ether oxygens (including phenoxy) is 1. The number of nitrogens with zero attached hydrogens (tertiary/aromatic N) is 2. The second-order valence-corrected chi connectivity index (χ2v) is 7.44. The molecule has 0 unspecified atom stereocenters. The normalized spacial score (nSPS) is 15.5. The Morgan fingerprint density at radius 3 is 2.38 bits per heavy atom. The topological polar surface area (TPSA) is 32.8 Å². The first kappa shape index (κ1) is 21.6. The molecule has 1 heterocycles. The predicted molar refractivity (Wildman–Crippen MR) is 105 cm³/mol. The maximum absolute atomic E-state index is 12.8.